The Morgan fingerprint density at radius 2 is 1.80 bits per heavy atom. The van der Waals surface area contributed by atoms with Gasteiger partial charge in [0.15, 0.2) is 0 Å². The Labute approximate surface area is 122 Å². The second-order valence-electron chi connectivity index (χ2n) is 4.76. The van der Waals surface area contributed by atoms with Crippen LogP contribution in [0.4, 0.5) is 19.0 Å². The maximum atomic E-state index is 12.8. The first-order chi connectivity index (χ1) is 9.31. The van der Waals surface area contributed by atoms with E-state index in [1.165, 1.54) is 0 Å². The average Bonchev–Trinajstić information content (AvgIpc) is 2.38. The molecule has 0 spiro atoms. The molecule has 0 aliphatic rings. The summed E-state index contributed by atoms with van der Waals surface area (Å²) in [5, 5.41) is -0.127. The van der Waals surface area contributed by atoms with Gasteiger partial charge in [-0.05, 0) is 25.0 Å². The molecule has 0 radical (unpaired) electrons. The zero-order valence-corrected chi connectivity index (χ0v) is 12.7. The van der Waals surface area contributed by atoms with Gasteiger partial charge in [-0.25, -0.2) is 4.98 Å². The molecular formula is C14H20ClF3N2. The molecule has 20 heavy (non-hydrogen) atoms. The van der Waals surface area contributed by atoms with E-state index in [9.17, 15) is 13.2 Å². The lowest BCUT2D eigenvalue weighted by molar-refractivity contribution is -0.137. The molecule has 6 heteroatoms. The number of hydrogen-bond acceptors (Lipinski definition) is 2. The van der Waals surface area contributed by atoms with Crippen LogP contribution in [0.25, 0.3) is 0 Å². The third kappa shape index (κ3) is 4.54. The lowest BCUT2D eigenvalue weighted by Crippen LogP contribution is -2.30. The van der Waals surface area contributed by atoms with Crippen LogP contribution < -0.4 is 4.90 Å². The minimum Gasteiger partial charge on any atom is -0.357 e. The number of hydrogen-bond donors (Lipinski definition) is 0. The van der Waals surface area contributed by atoms with Crippen LogP contribution in [0.2, 0.25) is 5.15 Å². The molecule has 0 saturated carbocycles. The van der Waals surface area contributed by atoms with E-state index in [0.29, 0.717) is 24.8 Å². The monoisotopic (exact) mass is 308 g/mol. The fourth-order valence-electron chi connectivity index (χ4n) is 2.05. The van der Waals surface area contributed by atoms with Gasteiger partial charge < -0.3 is 4.90 Å². The van der Waals surface area contributed by atoms with Crippen molar-refractivity contribution < 1.29 is 13.2 Å². The Morgan fingerprint density at radius 1 is 1.20 bits per heavy atom. The van der Waals surface area contributed by atoms with Gasteiger partial charge in [-0.15, -0.1) is 0 Å². The fraction of sp³-hybridized carbons (Fsp3) is 0.643. The van der Waals surface area contributed by atoms with Crippen molar-refractivity contribution in [3.63, 3.8) is 0 Å². The topological polar surface area (TPSA) is 16.1 Å². The molecule has 1 aromatic heterocycles. The highest BCUT2D eigenvalue weighted by Crippen LogP contribution is 2.33. The quantitative estimate of drug-likeness (QED) is 0.686. The van der Waals surface area contributed by atoms with Gasteiger partial charge in [0.05, 0.1) is 5.56 Å². The SMILES string of the molecule is CCC(CC)CN(CC)c1cc(C(F)(F)F)cc(Cl)n1. The van der Waals surface area contributed by atoms with Crippen LogP contribution in [0.3, 0.4) is 0 Å². The van der Waals surface area contributed by atoms with Gasteiger partial charge in [0, 0.05) is 13.1 Å². The standard InChI is InChI=1S/C14H20ClF3N2/c1-4-10(5-2)9-20(6-3)13-8-11(14(16,17)18)7-12(15)19-13/h7-8,10H,4-6,9H2,1-3H3. The summed E-state index contributed by atoms with van der Waals surface area (Å²) in [4.78, 5) is 5.88. The van der Waals surface area contributed by atoms with Crippen molar-refractivity contribution >= 4 is 17.4 Å². The Hall–Kier alpha value is -0.970. The average molecular weight is 309 g/mol. The van der Waals surface area contributed by atoms with E-state index in [4.69, 9.17) is 11.6 Å². The largest absolute Gasteiger partial charge is 0.416 e. The third-order valence-corrected chi connectivity index (χ3v) is 3.64. The number of pyridine rings is 1. The maximum absolute atomic E-state index is 12.8. The van der Waals surface area contributed by atoms with E-state index in [1.54, 1.807) is 0 Å². The van der Waals surface area contributed by atoms with E-state index < -0.39 is 11.7 Å². The minimum absolute atomic E-state index is 0.127. The van der Waals surface area contributed by atoms with Gasteiger partial charge in [0.25, 0.3) is 0 Å². The first kappa shape index (κ1) is 17.1. The molecule has 2 nitrogen and oxygen atoms in total. The van der Waals surface area contributed by atoms with Crippen molar-refractivity contribution in [2.75, 3.05) is 18.0 Å². The summed E-state index contributed by atoms with van der Waals surface area (Å²) >= 11 is 5.72. The summed E-state index contributed by atoms with van der Waals surface area (Å²) in [5.41, 5.74) is -0.754. The Kier molecular flexibility index (Phi) is 6.11. The highest BCUT2D eigenvalue weighted by Gasteiger charge is 2.32. The second-order valence-corrected chi connectivity index (χ2v) is 5.14. The van der Waals surface area contributed by atoms with Gasteiger partial charge in [-0.3, -0.25) is 0 Å². The zero-order valence-electron chi connectivity index (χ0n) is 12.0. The molecule has 0 aliphatic heterocycles. The molecule has 0 amide bonds. The molecule has 0 fully saturated rings. The summed E-state index contributed by atoms with van der Waals surface area (Å²) in [6.07, 6.45) is -2.44. The fourth-order valence-corrected chi connectivity index (χ4v) is 2.26. The molecule has 0 N–H and O–H groups in total. The van der Waals surface area contributed by atoms with Gasteiger partial charge >= 0.3 is 6.18 Å². The van der Waals surface area contributed by atoms with Crippen LogP contribution in [-0.4, -0.2) is 18.1 Å². The van der Waals surface area contributed by atoms with Crippen LogP contribution >= 0.6 is 11.6 Å². The number of nitrogens with zero attached hydrogens (tertiary/aromatic N) is 2. The van der Waals surface area contributed by atoms with Gasteiger partial charge in [-0.2, -0.15) is 13.2 Å². The number of aromatic nitrogens is 1. The van der Waals surface area contributed by atoms with Crippen LogP contribution in [0, 0.1) is 5.92 Å². The van der Waals surface area contributed by atoms with Gasteiger partial charge in [-0.1, -0.05) is 38.3 Å². The lowest BCUT2D eigenvalue weighted by Gasteiger charge is -2.27. The van der Waals surface area contributed by atoms with Gasteiger partial charge in [0.2, 0.25) is 0 Å². The zero-order chi connectivity index (χ0) is 15.3. The maximum Gasteiger partial charge on any atom is 0.416 e. The molecule has 0 unspecified atom stereocenters. The molecule has 1 rings (SSSR count). The molecule has 0 saturated heterocycles. The van der Waals surface area contributed by atoms with Crippen molar-refractivity contribution in [3.8, 4) is 0 Å². The minimum atomic E-state index is -4.41. The highest BCUT2D eigenvalue weighted by atomic mass is 35.5. The lowest BCUT2D eigenvalue weighted by atomic mass is 10.0. The van der Waals surface area contributed by atoms with Gasteiger partial charge in [0.1, 0.15) is 11.0 Å². The van der Waals surface area contributed by atoms with E-state index >= 15 is 0 Å². The Balaban J connectivity index is 3.06. The van der Waals surface area contributed by atoms with Crippen LogP contribution in [0.1, 0.15) is 39.2 Å². The smallest absolute Gasteiger partial charge is 0.357 e. The van der Waals surface area contributed by atoms with Crippen molar-refractivity contribution in [1.29, 1.82) is 0 Å². The Bertz CT molecular complexity index is 431. The normalized spacial score (nSPS) is 12.0. The van der Waals surface area contributed by atoms with Crippen molar-refractivity contribution in [2.24, 2.45) is 5.92 Å². The van der Waals surface area contributed by atoms with E-state index in [0.717, 1.165) is 25.0 Å². The number of halogens is 4. The van der Waals surface area contributed by atoms with Crippen LogP contribution in [0.5, 0.6) is 0 Å². The third-order valence-electron chi connectivity index (χ3n) is 3.45. The predicted octanol–water partition coefficient (Wildman–Crippen LogP) is 5.02. The molecule has 1 aromatic rings. The van der Waals surface area contributed by atoms with Crippen LogP contribution in [-0.2, 0) is 6.18 Å². The first-order valence-corrected chi connectivity index (χ1v) is 7.19. The summed E-state index contributed by atoms with van der Waals surface area (Å²) in [7, 11) is 0. The molecule has 0 aromatic carbocycles. The summed E-state index contributed by atoms with van der Waals surface area (Å²) in [5.74, 6) is 0.726. The number of alkyl halides is 3. The summed E-state index contributed by atoms with van der Waals surface area (Å²) in [6, 6.07) is 1.92. The van der Waals surface area contributed by atoms with E-state index in [-0.39, 0.29) is 5.15 Å². The molecule has 0 aliphatic carbocycles. The van der Waals surface area contributed by atoms with E-state index in [1.807, 2.05) is 11.8 Å². The molecular weight excluding hydrogens is 289 g/mol. The molecule has 1 heterocycles. The molecule has 0 atom stereocenters. The summed E-state index contributed by atoms with van der Waals surface area (Å²) in [6.45, 7) is 7.34. The summed E-state index contributed by atoms with van der Waals surface area (Å²) < 4.78 is 38.4. The number of rotatable bonds is 6. The Morgan fingerprint density at radius 3 is 2.25 bits per heavy atom. The van der Waals surface area contributed by atoms with Crippen molar-refractivity contribution in [3.05, 3.63) is 22.8 Å². The molecule has 114 valence electrons. The van der Waals surface area contributed by atoms with Crippen molar-refractivity contribution in [2.45, 2.75) is 39.8 Å². The number of anilines is 1. The van der Waals surface area contributed by atoms with E-state index in [2.05, 4.69) is 18.8 Å². The van der Waals surface area contributed by atoms with Crippen LogP contribution in [0.15, 0.2) is 12.1 Å². The first-order valence-electron chi connectivity index (χ1n) is 6.81. The predicted molar refractivity (Wildman–Crippen MR) is 76.2 cm³/mol. The second kappa shape index (κ2) is 7.16. The molecule has 0 bridgehead atoms. The highest BCUT2D eigenvalue weighted by molar-refractivity contribution is 6.29. The van der Waals surface area contributed by atoms with Crippen molar-refractivity contribution in [1.82, 2.24) is 4.98 Å².